The van der Waals surface area contributed by atoms with Crippen LogP contribution in [0, 0.1) is 6.92 Å². The maximum Gasteiger partial charge on any atom is 0.255 e. The standard InChI is InChI=1S/C15H21ClN2O/c1-3-18(12-7-5-9-17-10-12)15(19)13-8-4-6-11(2)14(13)16/h4,6,8,12,17H,3,5,7,9-10H2,1-2H3. The Morgan fingerprint density at radius 2 is 2.32 bits per heavy atom. The lowest BCUT2D eigenvalue weighted by atomic mass is 10.0. The van der Waals surface area contributed by atoms with Crippen LogP contribution in [0.5, 0.6) is 0 Å². The van der Waals surface area contributed by atoms with E-state index >= 15 is 0 Å². The summed E-state index contributed by atoms with van der Waals surface area (Å²) in [5, 5.41) is 3.93. The Kier molecular flexibility index (Phi) is 4.83. The summed E-state index contributed by atoms with van der Waals surface area (Å²) in [6, 6.07) is 5.91. The van der Waals surface area contributed by atoms with Gasteiger partial charge in [-0.05, 0) is 44.9 Å². The first-order valence-electron chi connectivity index (χ1n) is 6.92. The van der Waals surface area contributed by atoms with E-state index in [-0.39, 0.29) is 11.9 Å². The van der Waals surface area contributed by atoms with Gasteiger partial charge in [0.2, 0.25) is 0 Å². The maximum atomic E-state index is 12.7. The Morgan fingerprint density at radius 3 is 2.95 bits per heavy atom. The van der Waals surface area contributed by atoms with Gasteiger partial charge >= 0.3 is 0 Å². The number of rotatable bonds is 3. The minimum atomic E-state index is 0.0462. The molecular formula is C15H21ClN2O. The molecule has 1 heterocycles. The van der Waals surface area contributed by atoms with Crippen LogP contribution >= 0.6 is 11.6 Å². The van der Waals surface area contributed by atoms with Gasteiger partial charge < -0.3 is 10.2 Å². The molecule has 1 aromatic rings. The zero-order chi connectivity index (χ0) is 13.8. The molecule has 1 aliphatic heterocycles. The van der Waals surface area contributed by atoms with Gasteiger partial charge in [0.25, 0.3) is 5.91 Å². The van der Waals surface area contributed by atoms with E-state index in [9.17, 15) is 4.79 Å². The molecule has 0 spiro atoms. The first-order valence-corrected chi connectivity index (χ1v) is 7.29. The molecule has 104 valence electrons. The summed E-state index contributed by atoms with van der Waals surface area (Å²) in [5.41, 5.74) is 1.57. The second-order valence-electron chi connectivity index (χ2n) is 5.03. The smallest absolute Gasteiger partial charge is 0.255 e. The average Bonchev–Trinajstić information content (AvgIpc) is 2.44. The third-order valence-electron chi connectivity index (χ3n) is 3.74. The fourth-order valence-electron chi connectivity index (χ4n) is 2.63. The molecule has 3 nitrogen and oxygen atoms in total. The molecule has 1 saturated heterocycles. The van der Waals surface area contributed by atoms with Gasteiger partial charge in [-0.25, -0.2) is 0 Å². The molecule has 1 amide bonds. The Morgan fingerprint density at radius 1 is 1.53 bits per heavy atom. The number of aryl methyl sites for hydroxylation is 1. The topological polar surface area (TPSA) is 32.3 Å². The second kappa shape index (κ2) is 6.40. The van der Waals surface area contributed by atoms with E-state index in [4.69, 9.17) is 11.6 Å². The molecule has 1 aromatic carbocycles. The number of piperidine rings is 1. The van der Waals surface area contributed by atoms with Crippen LogP contribution in [0.2, 0.25) is 5.02 Å². The first kappa shape index (κ1) is 14.4. The van der Waals surface area contributed by atoms with E-state index in [1.54, 1.807) is 0 Å². The van der Waals surface area contributed by atoms with Crippen molar-refractivity contribution in [3.8, 4) is 0 Å². The van der Waals surface area contributed by atoms with Gasteiger partial charge in [-0.15, -0.1) is 0 Å². The zero-order valence-corrected chi connectivity index (χ0v) is 12.3. The molecule has 2 rings (SSSR count). The molecule has 19 heavy (non-hydrogen) atoms. The van der Waals surface area contributed by atoms with Gasteiger partial charge in [0, 0.05) is 19.1 Å². The summed E-state index contributed by atoms with van der Waals surface area (Å²) < 4.78 is 0. The van der Waals surface area contributed by atoms with Crippen molar-refractivity contribution in [2.45, 2.75) is 32.7 Å². The van der Waals surface area contributed by atoms with Crippen molar-refractivity contribution in [3.63, 3.8) is 0 Å². The van der Waals surface area contributed by atoms with Crippen molar-refractivity contribution in [2.75, 3.05) is 19.6 Å². The zero-order valence-electron chi connectivity index (χ0n) is 11.6. The summed E-state index contributed by atoms with van der Waals surface area (Å²) in [7, 11) is 0. The Hall–Kier alpha value is -1.06. The van der Waals surface area contributed by atoms with E-state index in [1.165, 1.54) is 0 Å². The maximum absolute atomic E-state index is 12.7. The van der Waals surface area contributed by atoms with Gasteiger partial charge in [0.15, 0.2) is 0 Å². The minimum absolute atomic E-state index is 0.0462. The van der Waals surface area contributed by atoms with Gasteiger partial charge in [0.1, 0.15) is 0 Å². The quantitative estimate of drug-likeness (QED) is 0.923. The molecule has 0 aromatic heterocycles. The van der Waals surface area contributed by atoms with E-state index in [1.807, 2.05) is 36.9 Å². The molecule has 0 saturated carbocycles. The molecule has 1 atom stereocenters. The van der Waals surface area contributed by atoms with Crippen molar-refractivity contribution in [3.05, 3.63) is 34.3 Å². The van der Waals surface area contributed by atoms with Crippen LogP contribution in [0.25, 0.3) is 0 Å². The van der Waals surface area contributed by atoms with Crippen LogP contribution < -0.4 is 5.32 Å². The third kappa shape index (κ3) is 3.10. The number of hydrogen-bond donors (Lipinski definition) is 1. The minimum Gasteiger partial charge on any atom is -0.335 e. The van der Waals surface area contributed by atoms with Crippen LogP contribution in [-0.4, -0.2) is 36.5 Å². The van der Waals surface area contributed by atoms with Crippen LogP contribution in [-0.2, 0) is 0 Å². The molecule has 1 unspecified atom stereocenters. The van der Waals surface area contributed by atoms with Gasteiger partial charge in [-0.1, -0.05) is 23.7 Å². The number of nitrogens with one attached hydrogen (secondary N) is 1. The molecule has 0 aliphatic carbocycles. The highest BCUT2D eigenvalue weighted by molar-refractivity contribution is 6.34. The Balaban J connectivity index is 2.22. The van der Waals surface area contributed by atoms with Crippen molar-refractivity contribution < 1.29 is 4.79 Å². The first-order chi connectivity index (χ1) is 9.15. The van der Waals surface area contributed by atoms with Crippen molar-refractivity contribution >= 4 is 17.5 Å². The van der Waals surface area contributed by atoms with Crippen LogP contribution in [0.15, 0.2) is 18.2 Å². The van der Waals surface area contributed by atoms with Gasteiger partial charge in [-0.2, -0.15) is 0 Å². The molecule has 0 radical (unpaired) electrons. The van der Waals surface area contributed by atoms with Crippen molar-refractivity contribution in [1.29, 1.82) is 0 Å². The largest absolute Gasteiger partial charge is 0.335 e. The molecule has 1 aliphatic rings. The summed E-state index contributed by atoms with van der Waals surface area (Å²) in [5.74, 6) is 0.0462. The van der Waals surface area contributed by atoms with E-state index in [0.29, 0.717) is 10.6 Å². The molecule has 4 heteroatoms. The summed E-state index contributed by atoms with van der Waals surface area (Å²) in [6.45, 7) is 6.60. The van der Waals surface area contributed by atoms with E-state index < -0.39 is 0 Å². The SMILES string of the molecule is CCN(C(=O)c1cccc(C)c1Cl)C1CCCNC1. The van der Waals surface area contributed by atoms with E-state index in [2.05, 4.69) is 5.32 Å². The molecule has 1 fully saturated rings. The summed E-state index contributed by atoms with van der Waals surface area (Å²) in [4.78, 5) is 14.6. The van der Waals surface area contributed by atoms with Crippen LogP contribution in [0.1, 0.15) is 35.7 Å². The fourth-order valence-corrected chi connectivity index (χ4v) is 2.84. The lowest BCUT2D eigenvalue weighted by molar-refractivity contribution is 0.0662. The average molecular weight is 281 g/mol. The number of carbonyl (C=O) groups excluding carboxylic acids is 1. The highest BCUT2D eigenvalue weighted by atomic mass is 35.5. The van der Waals surface area contributed by atoms with Crippen molar-refractivity contribution in [2.24, 2.45) is 0 Å². The van der Waals surface area contributed by atoms with Crippen LogP contribution in [0.4, 0.5) is 0 Å². The highest BCUT2D eigenvalue weighted by Crippen LogP contribution is 2.23. The van der Waals surface area contributed by atoms with Crippen molar-refractivity contribution in [1.82, 2.24) is 10.2 Å². The predicted molar refractivity (Wildman–Crippen MR) is 78.8 cm³/mol. The molecule has 0 bridgehead atoms. The number of halogens is 1. The number of amides is 1. The highest BCUT2D eigenvalue weighted by Gasteiger charge is 2.26. The lowest BCUT2D eigenvalue weighted by Crippen LogP contribution is -2.48. The summed E-state index contributed by atoms with van der Waals surface area (Å²) >= 11 is 6.26. The van der Waals surface area contributed by atoms with Gasteiger partial charge in [-0.3, -0.25) is 4.79 Å². The predicted octanol–water partition coefficient (Wildman–Crippen LogP) is 2.86. The molecular weight excluding hydrogens is 260 g/mol. The Bertz CT molecular complexity index is 455. The second-order valence-corrected chi connectivity index (χ2v) is 5.41. The lowest BCUT2D eigenvalue weighted by Gasteiger charge is -2.34. The van der Waals surface area contributed by atoms with Gasteiger partial charge in [0.05, 0.1) is 10.6 Å². The monoisotopic (exact) mass is 280 g/mol. The fraction of sp³-hybridized carbons (Fsp3) is 0.533. The summed E-state index contributed by atoms with van der Waals surface area (Å²) in [6.07, 6.45) is 2.19. The number of benzene rings is 1. The number of hydrogen-bond acceptors (Lipinski definition) is 2. The van der Waals surface area contributed by atoms with E-state index in [0.717, 1.165) is 38.0 Å². The van der Waals surface area contributed by atoms with Crippen LogP contribution in [0.3, 0.4) is 0 Å². The Labute approximate surface area is 119 Å². The number of carbonyl (C=O) groups is 1. The number of likely N-dealkylation sites (N-methyl/N-ethyl adjacent to an activating group) is 1. The molecule has 1 N–H and O–H groups in total. The third-order valence-corrected chi connectivity index (χ3v) is 4.24. The number of nitrogens with zero attached hydrogens (tertiary/aromatic N) is 1. The normalized spacial score (nSPS) is 19.2.